The number of esters is 2. The fourth-order valence-electron chi connectivity index (χ4n) is 1.40. The molecule has 6 heteroatoms. The maximum absolute atomic E-state index is 11.3. The first-order chi connectivity index (χ1) is 9.01. The number of ether oxygens (including phenoxy) is 2. The summed E-state index contributed by atoms with van der Waals surface area (Å²) in [6.45, 7) is 5.52. The summed E-state index contributed by atoms with van der Waals surface area (Å²) in [6, 6.07) is 0. The Balaban J connectivity index is 2.40. The molecular formula is C13H15NO5. The molecule has 19 heavy (non-hydrogen) atoms. The Kier molecular flexibility index (Phi) is 5.53. The summed E-state index contributed by atoms with van der Waals surface area (Å²) >= 11 is 0. The summed E-state index contributed by atoms with van der Waals surface area (Å²) in [5, 5.41) is 2.53. The summed E-state index contributed by atoms with van der Waals surface area (Å²) in [4.78, 5) is 33.4. The molecule has 1 aliphatic rings. The van der Waals surface area contributed by atoms with Crippen LogP contribution in [-0.2, 0) is 23.9 Å². The molecule has 0 spiro atoms. The lowest BCUT2D eigenvalue weighted by atomic mass is 10.1. The van der Waals surface area contributed by atoms with Gasteiger partial charge < -0.3 is 14.8 Å². The predicted octanol–water partition coefficient (Wildman–Crippen LogP) is 0.609. The number of amides is 1. The monoisotopic (exact) mass is 265 g/mol. The first-order valence-corrected chi connectivity index (χ1v) is 5.71. The minimum atomic E-state index is -0.675. The molecule has 6 nitrogen and oxygen atoms in total. The number of carbonyl (C=O) groups is 3. The highest BCUT2D eigenvalue weighted by atomic mass is 16.5. The maximum atomic E-state index is 11.3. The Morgan fingerprint density at radius 3 is 2.58 bits per heavy atom. The second-order valence-electron chi connectivity index (χ2n) is 3.77. The van der Waals surface area contributed by atoms with Gasteiger partial charge in [-0.1, -0.05) is 6.58 Å². The zero-order valence-corrected chi connectivity index (χ0v) is 10.6. The predicted molar refractivity (Wildman–Crippen MR) is 66.7 cm³/mol. The van der Waals surface area contributed by atoms with Crippen LogP contribution in [-0.4, -0.2) is 31.1 Å². The van der Waals surface area contributed by atoms with Crippen LogP contribution in [0.25, 0.3) is 0 Å². The molecule has 0 fully saturated rings. The van der Waals surface area contributed by atoms with Crippen LogP contribution in [0.4, 0.5) is 0 Å². The van der Waals surface area contributed by atoms with Crippen molar-refractivity contribution in [3.8, 4) is 0 Å². The number of hydrogen-bond acceptors (Lipinski definition) is 5. The van der Waals surface area contributed by atoms with Crippen molar-refractivity contribution in [1.82, 2.24) is 5.32 Å². The largest absolute Gasteiger partial charge is 0.463 e. The maximum Gasteiger partial charge on any atom is 0.331 e. The highest BCUT2D eigenvalue weighted by Gasteiger charge is 2.13. The van der Waals surface area contributed by atoms with E-state index in [0.29, 0.717) is 17.7 Å². The molecule has 1 aliphatic heterocycles. The average Bonchev–Trinajstić information content (AvgIpc) is 2.33. The first-order valence-electron chi connectivity index (χ1n) is 5.71. The Morgan fingerprint density at radius 1 is 1.37 bits per heavy atom. The molecule has 1 N–H and O–H groups in total. The topological polar surface area (TPSA) is 81.7 Å². The summed E-state index contributed by atoms with van der Waals surface area (Å²) < 4.78 is 9.49. The lowest BCUT2D eigenvalue weighted by Gasteiger charge is -2.15. The summed E-state index contributed by atoms with van der Waals surface area (Å²) in [6.07, 6.45) is 3.78. The van der Waals surface area contributed by atoms with Crippen molar-refractivity contribution in [2.75, 3.05) is 13.2 Å². The molecule has 1 rings (SSSR count). The molecule has 0 saturated heterocycles. The van der Waals surface area contributed by atoms with Gasteiger partial charge in [0.15, 0.2) is 0 Å². The number of carbonyl (C=O) groups excluding carboxylic acids is 3. The Morgan fingerprint density at radius 2 is 2.00 bits per heavy atom. The van der Waals surface area contributed by atoms with Gasteiger partial charge in [-0.05, 0) is 12.5 Å². The van der Waals surface area contributed by atoms with Gasteiger partial charge in [-0.2, -0.15) is 0 Å². The van der Waals surface area contributed by atoms with E-state index in [1.165, 1.54) is 6.08 Å². The van der Waals surface area contributed by atoms with Crippen LogP contribution in [0, 0.1) is 0 Å². The quantitative estimate of drug-likeness (QED) is 0.581. The molecule has 0 aromatic rings. The Bertz CT molecular complexity index is 462. The molecule has 0 bridgehead atoms. The molecule has 102 valence electrons. The highest BCUT2D eigenvalue weighted by molar-refractivity contribution is 5.92. The minimum absolute atomic E-state index is 0.0154. The van der Waals surface area contributed by atoms with Crippen molar-refractivity contribution in [3.05, 3.63) is 36.1 Å². The van der Waals surface area contributed by atoms with E-state index < -0.39 is 11.9 Å². The second kappa shape index (κ2) is 7.15. The third-order valence-corrected chi connectivity index (χ3v) is 2.12. The summed E-state index contributed by atoms with van der Waals surface area (Å²) in [5.41, 5.74) is 1.20. The smallest absolute Gasteiger partial charge is 0.331 e. The number of nitrogens with one attached hydrogen (secondary N) is 1. The van der Waals surface area contributed by atoms with Gasteiger partial charge in [0.25, 0.3) is 0 Å². The van der Waals surface area contributed by atoms with Gasteiger partial charge in [-0.25, -0.2) is 9.59 Å². The minimum Gasteiger partial charge on any atom is -0.463 e. The fraction of sp³-hybridized carbons (Fsp3) is 0.308. The van der Waals surface area contributed by atoms with Crippen molar-refractivity contribution in [1.29, 1.82) is 0 Å². The number of allylic oxidation sites excluding steroid dienone is 1. The Labute approximate surface area is 110 Å². The fourth-order valence-corrected chi connectivity index (χ4v) is 1.40. The molecule has 1 amide bonds. The summed E-state index contributed by atoms with van der Waals surface area (Å²) in [7, 11) is 0. The van der Waals surface area contributed by atoms with Gasteiger partial charge >= 0.3 is 11.9 Å². The van der Waals surface area contributed by atoms with Crippen molar-refractivity contribution in [2.24, 2.45) is 0 Å². The van der Waals surface area contributed by atoms with Crippen LogP contribution in [0.3, 0.4) is 0 Å². The van der Waals surface area contributed by atoms with Crippen LogP contribution in [0.5, 0.6) is 0 Å². The molecule has 0 radical (unpaired) electrons. The van der Waals surface area contributed by atoms with Gasteiger partial charge in [-0.15, -0.1) is 0 Å². The average molecular weight is 265 g/mol. The van der Waals surface area contributed by atoms with Crippen LogP contribution in [0.2, 0.25) is 0 Å². The highest BCUT2D eigenvalue weighted by Crippen LogP contribution is 2.12. The van der Waals surface area contributed by atoms with Crippen molar-refractivity contribution >= 4 is 17.8 Å². The van der Waals surface area contributed by atoms with Crippen LogP contribution in [0.15, 0.2) is 36.1 Å². The Hall–Kier alpha value is -2.37. The molecule has 1 heterocycles. The second-order valence-corrected chi connectivity index (χ2v) is 3.77. The lowest BCUT2D eigenvalue weighted by molar-refractivity contribution is -0.139. The third kappa shape index (κ3) is 5.67. The first kappa shape index (κ1) is 14.7. The van der Waals surface area contributed by atoms with Crippen LogP contribution >= 0.6 is 0 Å². The van der Waals surface area contributed by atoms with Gasteiger partial charge in [0.05, 0.1) is 6.61 Å². The standard InChI is InChI=1S/C13H15NO5/c1-3-18-12(16)4-5-13(17)19-8-10-6-9(2)14-11(15)7-10/h4-5,7H,2-3,6,8H2,1H3,(H,14,15)/b5-4+. The SMILES string of the molecule is C=C1CC(COC(=O)/C=C/C(=O)OCC)=CC(=O)N1. The normalized spacial score (nSPS) is 14.9. The molecule has 0 aromatic carbocycles. The van der Waals surface area contributed by atoms with E-state index in [1.54, 1.807) is 6.92 Å². The molecule has 0 unspecified atom stereocenters. The molecule has 0 saturated carbocycles. The van der Waals surface area contributed by atoms with Crippen molar-refractivity contribution in [2.45, 2.75) is 13.3 Å². The molecule has 0 aliphatic carbocycles. The van der Waals surface area contributed by atoms with E-state index in [0.717, 1.165) is 12.2 Å². The van der Waals surface area contributed by atoms with Gasteiger partial charge in [-0.3, -0.25) is 4.79 Å². The summed E-state index contributed by atoms with van der Waals surface area (Å²) in [5.74, 6) is -1.57. The lowest BCUT2D eigenvalue weighted by Crippen LogP contribution is -2.26. The zero-order chi connectivity index (χ0) is 14.3. The molecular weight excluding hydrogens is 250 g/mol. The number of rotatable bonds is 5. The van der Waals surface area contributed by atoms with E-state index >= 15 is 0 Å². The van der Waals surface area contributed by atoms with E-state index in [2.05, 4.69) is 16.6 Å². The third-order valence-electron chi connectivity index (χ3n) is 2.12. The van der Waals surface area contributed by atoms with Crippen molar-refractivity contribution in [3.63, 3.8) is 0 Å². The van der Waals surface area contributed by atoms with Crippen LogP contribution < -0.4 is 5.32 Å². The van der Waals surface area contributed by atoms with E-state index in [9.17, 15) is 14.4 Å². The molecule has 0 atom stereocenters. The van der Waals surface area contributed by atoms with Gasteiger partial charge in [0.2, 0.25) is 5.91 Å². The van der Waals surface area contributed by atoms with E-state index in [1.807, 2.05) is 0 Å². The van der Waals surface area contributed by atoms with E-state index in [4.69, 9.17) is 4.74 Å². The van der Waals surface area contributed by atoms with Gasteiger partial charge in [0.1, 0.15) is 6.61 Å². The number of hydrogen-bond donors (Lipinski definition) is 1. The van der Waals surface area contributed by atoms with Crippen molar-refractivity contribution < 1.29 is 23.9 Å². The van der Waals surface area contributed by atoms with Crippen LogP contribution in [0.1, 0.15) is 13.3 Å². The van der Waals surface area contributed by atoms with Gasteiger partial charge in [0, 0.05) is 30.3 Å². The zero-order valence-electron chi connectivity index (χ0n) is 10.6. The van der Waals surface area contributed by atoms with E-state index in [-0.39, 0.29) is 19.1 Å². The molecule has 0 aromatic heterocycles.